The van der Waals surface area contributed by atoms with Crippen LogP contribution < -0.4 is 15.8 Å². The molecule has 0 fully saturated rings. The summed E-state index contributed by atoms with van der Waals surface area (Å²) in [5.74, 6) is 0.0691. The van der Waals surface area contributed by atoms with E-state index in [-0.39, 0.29) is 30.8 Å². The van der Waals surface area contributed by atoms with Gasteiger partial charge >= 0.3 is 0 Å². The second-order valence-corrected chi connectivity index (χ2v) is 5.60. The molecule has 7 heteroatoms. The second-order valence-electron chi connectivity index (χ2n) is 5.60. The van der Waals surface area contributed by atoms with Crippen molar-refractivity contribution in [3.05, 3.63) is 54.1 Å². The van der Waals surface area contributed by atoms with Crippen molar-refractivity contribution < 1.29 is 14.3 Å². The first kappa shape index (κ1) is 21.3. The molecule has 2 aromatic rings. The fraction of sp³-hybridized carbons (Fsp3) is 0.263. The molecule has 2 amide bonds. The third-order valence-corrected chi connectivity index (χ3v) is 3.63. The zero-order valence-corrected chi connectivity index (χ0v) is 15.7. The number of anilines is 2. The highest BCUT2D eigenvalue weighted by Crippen LogP contribution is 2.23. The number of hydrogen-bond donors (Lipinski definition) is 2. The van der Waals surface area contributed by atoms with Crippen LogP contribution in [0.3, 0.4) is 0 Å². The Morgan fingerprint density at radius 3 is 2.54 bits per heavy atom. The topological polar surface area (TPSA) is 84.7 Å². The van der Waals surface area contributed by atoms with Crippen LogP contribution in [0, 0.1) is 0 Å². The van der Waals surface area contributed by atoms with Gasteiger partial charge in [0.2, 0.25) is 5.91 Å². The van der Waals surface area contributed by atoms with Gasteiger partial charge in [0, 0.05) is 17.8 Å². The predicted molar refractivity (Wildman–Crippen MR) is 106 cm³/mol. The van der Waals surface area contributed by atoms with Gasteiger partial charge in [-0.2, -0.15) is 0 Å². The highest BCUT2D eigenvalue weighted by Gasteiger charge is 2.19. The van der Waals surface area contributed by atoms with Crippen LogP contribution in [0.1, 0.15) is 23.7 Å². The summed E-state index contributed by atoms with van der Waals surface area (Å²) in [6.07, 6.45) is 0.746. The van der Waals surface area contributed by atoms with Gasteiger partial charge in [0.1, 0.15) is 12.3 Å². The monoisotopic (exact) mass is 377 g/mol. The number of ether oxygens (including phenoxy) is 1. The van der Waals surface area contributed by atoms with Crippen molar-refractivity contribution in [3.8, 4) is 5.75 Å². The molecule has 0 radical (unpaired) electrons. The SMILES string of the molecule is CCCN(CC(=O)Nc1ccccc1OC)C(=O)c1cccc(N)c1.Cl. The first-order valence-corrected chi connectivity index (χ1v) is 8.12. The normalized spacial score (nSPS) is 9.77. The number of carbonyl (C=O) groups is 2. The first-order valence-electron chi connectivity index (χ1n) is 8.12. The van der Waals surface area contributed by atoms with E-state index in [9.17, 15) is 9.59 Å². The number of carbonyl (C=O) groups excluding carboxylic acids is 2. The fourth-order valence-corrected chi connectivity index (χ4v) is 2.49. The van der Waals surface area contributed by atoms with E-state index in [4.69, 9.17) is 10.5 Å². The van der Waals surface area contributed by atoms with E-state index >= 15 is 0 Å². The maximum absolute atomic E-state index is 12.7. The third kappa shape index (κ3) is 5.67. The van der Waals surface area contributed by atoms with E-state index in [0.717, 1.165) is 6.42 Å². The van der Waals surface area contributed by atoms with Crippen LogP contribution in [0.4, 0.5) is 11.4 Å². The van der Waals surface area contributed by atoms with E-state index in [2.05, 4.69) is 5.32 Å². The molecule has 0 saturated heterocycles. The lowest BCUT2D eigenvalue weighted by atomic mass is 10.1. The van der Waals surface area contributed by atoms with Crippen LogP contribution >= 0.6 is 12.4 Å². The van der Waals surface area contributed by atoms with Crippen LogP contribution in [-0.4, -0.2) is 36.9 Å². The zero-order valence-electron chi connectivity index (χ0n) is 14.9. The maximum atomic E-state index is 12.7. The standard InChI is InChI=1S/C19H23N3O3.ClH/c1-3-11-22(19(24)14-7-6-8-15(20)12-14)13-18(23)21-16-9-4-5-10-17(16)25-2;/h4-10,12H,3,11,13,20H2,1-2H3,(H,21,23);1H. The number of methoxy groups -OCH3 is 1. The molecule has 0 unspecified atom stereocenters. The highest BCUT2D eigenvalue weighted by molar-refractivity contribution is 6.00. The minimum atomic E-state index is -0.282. The number of amides is 2. The van der Waals surface area contributed by atoms with Crippen molar-refractivity contribution in [2.75, 3.05) is 31.2 Å². The molecule has 0 aromatic heterocycles. The van der Waals surface area contributed by atoms with Crippen LogP contribution in [-0.2, 0) is 4.79 Å². The van der Waals surface area contributed by atoms with Crippen molar-refractivity contribution >= 4 is 35.6 Å². The van der Waals surface area contributed by atoms with Gasteiger partial charge in [-0.15, -0.1) is 12.4 Å². The summed E-state index contributed by atoms with van der Waals surface area (Å²) >= 11 is 0. The van der Waals surface area contributed by atoms with E-state index < -0.39 is 0 Å². The van der Waals surface area contributed by atoms with Gasteiger partial charge in [-0.1, -0.05) is 25.1 Å². The van der Waals surface area contributed by atoms with Crippen LogP contribution in [0.15, 0.2) is 48.5 Å². The smallest absolute Gasteiger partial charge is 0.254 e. The Morgan fingerprint density at radius 2 is 1.88 bits per heavy atom. The highest BCUT2D eigenvalue weighted by atomic mass is 35.5. The molecule has 0 aliphatic heterocycles. The summed E-state index contributed by atoms with van der Waals surface area (Å²) in [6.45, 7) is 2.39. The Kier molecular flexibility index (Phi) is 8.45. The summed E-state index contributed by atoms with van der Waals surface area (Å²) in [5.41, 5.74) is 7.30. The first-order chi connectivity index (χ1) is 12.0. The number of rotatable bonds is 7. The molecule has 26 heavy (non-hydrogen) atoms. The van der Waals surface area contributed by atoms with E-state index in [1.54, 1.807) is 42.5 Å². The molecule has 140 valence electrons. The minimum absolute atomic E-state index is 0. The molecule has 2 aromatic carbocycles. The average molecular weight is 378 g/mol. The van der Waals surface area contributed by atoms with Crippen molar-refractivity contribution in [1.82, 2.24) is 4.90 Å². The number of nitrogens with zero attached hydrogens (tertiary/aromatic N) is 1. The number of nitrogen functional groups attached to an aromatic ring is 1. The van der Waals surface area contributed by atoms with Crippen LogP contribution in [0.25, 0.3) is 0 Å². The summed E-state index contributed by atoms with van der Waals surface area (Å²) in [7, 11) is 1.54. The second kappa shape index (κ2) is 10.3. The van der Waals surface area contributed by atoms with Crippen molar-refractivity contribution in [3.63, 3.8) is 0 Å². The largest absolute Gasteiger partial charge is 0.495 e. The maximum Gasteiger partial charge on any atom is 0.254 e. The quantitative estimate of drug-likeness (QED) is 0.726. The third-order valence-electron chi connectivity index (χ3n) is 3.63. The molecule has 6 nitrogen and oxygen atoms in total. The molecule has 0 spiro atoms. The summed E-state index contributed by atoms with van der Waals surface area (Å²) in [4.78, 5) is 26.6. The van der Waals surface area contributed by atoms with Crippen LogP contribution in [0.5, 0.6) is 5.75 Å². The zero-order chi connectivity index (χ0) is 18.2. The number of para-hydroxylation sites is 2. The van der Waals surface area contributed by atoms with Gasteiger partial charge in [0.25, 0.3) is 5.91 Å². The van der Waals surface area contributed by atoms with E-state index in [1.165, 1.54) is 12.0 Å². The molecule has 0 saturated carbocycles. The minimum Gasteiger partial charge on any atom is -0.495 e. The van der Waals surface area contributed by atoms with Gasteiger partial charge in [-0.3, -0.25) is 9.59 Å². The lowest BCUT2D eigenvalue weighted by Crippen LogP contribution is -2.38. The number of benzene rings is 2. The molecule has 3 N–H and O–H groups in total. The summed E-state index contributed by atoms with van der Waals surface area (Å²) in [6, 6.07) is 13.9. The Bertz CT molecular complexity index is 752. The molecule has 0 atom stereocenters. The number of nitrogens with two attached hydrogens (primary N) is 1. The van der Waals surface area contributed by atoms with Crippen molar-refractivity contribution in [2.45, 2.75) is 13.3 Å². The lowest BCUT2D eigenvalue weighted by Gasteiger charge is -2.22. The average Bonchev–Trinajstić information content (AvgIpc) is 2.61. The summed E-state index contributed by atoms with van der Waals surface area (Å²) in [5, 5.41) is 2.79. The molecule has 0 bridgehead atoms. The van der Waals surface area contributed by atoms with Crippen molar-refractivity contribution in [1.29, 1.82) is 0 Å². The van der Waals surface area contributed by atoms with E-state index in [1.807, 2.05) is 13.0 Å². The van der Waals surface area contributed by atoms with Crippen molar-refractivity contribution in [2.24, 2.45) is 0 Å². The Labute approximate surface area is 159 Å². The Hall–Kier alpha value is -2.73. The number of nitrogens with one attached hydrogen (secondary N) is 1. The molecule has 2 rings (SSSR count). The van der Waals surface area contributed by atoms with Gasteiger partial charge in [0.05, 0.1) is 12.8 Å². The van der Waals surface area contributed by atoms with Gasteiger partial charge in [-0.05, 0) is 36.8 Å². The molecule has 0 aliphatic carbocycles. The fourth-order valence-electron chi connectivity index (χ4n) is 2.49. The van der Waals surface area contributed by atoms with Gasteiger partial charge in [-0.25, -0.2) is 0 Å². The molecule has 0 aliphatic rings. The number of hydrogen-bond acceptors (Lipinski definition) is 4. The lowest BCUT2D eigenvalue weighted by molar-refractivity contribution is -0.116. The Morgan fingerprint density at radius 1 is 1.15 bits per heavy atom. The molecular formula is C19H24ClN3O3. The van der Waals surface area contributed by atoms with E-state index in [0.29, 0.717) is 29.2 Å². The predicted octanol–water partition coefficient (Wildman–Crippen LogP) is 3.19. The van der Waals surface area contributed by atoms with Gasteiger partial charge < -0.3 is 20.7 Å². The number of halogens is 1. The summed E-state index contributed by atoms with van der Waals surface area (Å²) < 4.78 is 5.22. The Balaban J connectivity index is 0.00000338. The molecule has 0 heterocycles. The molecular weight excluding hydrogens is 354 g/mol. The van der Waals surface area contributed by atoms with Gasteiger partial charge in [0.15, 0.2) is 0 Å². The van der Waals surface area contributed by atoms with Crippen LogP contribution in [0.2, 0.25) is 0 Å².